The number of nitrogens with one attached hydrogen (secondary N) is 1. The van der Waals surface area contributed by atoms with Crippen molar-refractivity contribution in [3.8, 4) is 0 Å². The zero-order valence-corrected chi connectivity index (χ0v) is 46.4. The average Bonchev–Trinajstić information content (AvgIpc) is 3.34. The van der Waals surface area contributed by atoms with Gasteiger partial charge in [-0.05, 0) is 25.7 Å². The Bertz CT molecular complexity index is 975. The number of hydrogen-bond acceptors (Lipinski definition) is 5. The van der Waals surface area contributed by atoms with Gasteiger partial charge in [0, 0.05) is 12.8 Å². The molecule has 0 aliphatic carbocycles. The summed E-state index contributed by atoms with van der Waals surface area (Å²) in [6.07, 6.45) is 68.2. The molecule has 3 N–H and O–H groups in total. The fourth-order valence-corrected chi connectivity index (χ4v) is 10.1. The second kappa shape index (κ2) is 58.4. The van der Waals surface area contributed by atoms with Crippen molar-refractivity contribution in [1.82, 2.24) is 5.32 Å². The molecule has 0 fully saturated rings. The topological polar surface area (TPSA) is 95.9 Å². The minimum Gasteiger partial charge on any atom is -0.466 e. The van der Waals surface area contributed by atoms with Gasteiger partial charge in [-0.2, -0.15) is 0 Å². The van der Waals surface area contributed by atoms with Crippen LogP contribution in [0.25, 0.3) is 0 Å². The molecule has 2 atom stereocenters. The first-order valence-electron chi connectivity index (χ1n) is 31.3. The van der Waals surface area contributed by atoms with Crippen molar-refractivity contribution in [1.29, 1.82) is 0 Å². The van der Waals surface area contributed by atoms with E-state index in [1.807, 2.05) is 0 Å². The fourth-order valence-electron chi connectivity index (χ4n) is 10.1. The molecule has 406 valence electrons. The lowest BCUT2D eigenvalue weighted by Gasteiger charge is -2.22. The van der Waals surface area contributed by atoms with Crippen molar-refractivity contribution in [2.45, 2.75) is 373 Å². The van der Waals surface area contributed by atoms with E-state index in [0.717, 1.165) is 51.4 Å². The molecule has 0 aromatic heterocycles. The lowest BCUT2D eigenvalue weighted by atomic mass is 10.0. The molecule has 0 spiro atoms. The molecule has 0 heterocycles. The van der Waals surface area contributed by atoms with E-state index in [9.17, 15) is 19.8 Å². The van der Waals surface area contributed by atoms with Crippen LogP contribution in [0.2, 0.25) is 0 Å². The number of aliphatic hydroxyl groups excluding tert-OH is 2. The molecule has 0 saturated carbocycles. The summed E-state index contributed by atoms with van der Waals surface area (Å²) in [5.74, 6) is -0.0371. The lowest BCUT2D eigenvalue weighted by Crippen LogP contribution is -2.45. The number of esters is 1. The highest BCUT2D eigenvalue weighted by atomic mass is 16.5. The molecule has 0 aromatic rings. The van der Waals surface area contributed by atoms with Gasteiger partial charge in [0.1, 0.15) is 0 Å². The Morgan fingerprint density at radius 2 is 0.603 bits per heavy atom. The van der Waals surface area contributed by atoms with Gasteiger partial charge in [0.25, 0.3) is 0 Å². The van der Waals surface area contributed by atoms with Crippen molar-refractivity contribution >= 4 is 11.9 Å². The van der Waals surface area contributed by atoms with Crippen molar-refractivity contribution in [3.05, 3.63) is 0 Å². The van der Waals surface area contributed by atoms with E-state index in [1.54, 1.807) is 0 Å². The highest BCUT2D eigenvalue weighted by Gasteiger charge is 2.20. The monoisotopic (exact) mass is 962 g/mol. The first-order valence-corrected chi connectivity index (χ1v) is 31.3. The maximum Gasteiger partial charge on any atom is 0.305 e. The number of aliphatic hydroxyl groups is 2. The van der Waals surface area contributed by atoms with Crippen LogP contribution >= 0.6 is 0 Å². The van der Waals surface area contributed by atoms with Crippen LogP contribution < -0.4 is 5.32 Å². The summed E-state index contributed by atoms with van der Waals surface area (Å²) in [7, 11) is 0. The smallest absolute Gasteiger partial charge is 0.305 e. The second-order valence-electron chi connectivity index (χ2n) is 21.8. The van der Waals surface area contributed by atoms with E-state index in [2.05, 4.69) is 19.2 Å². The van der Waals surface area contributed by atoms with Crippen LogP contribution in [0.5, 0.6) is 0 Å². The van der Waals surface area contributed by atoms with Crippen molar-refractivity contribution in [3.63, 3.8) is 0 Å². The van der Waals surface area contributed by atoms with Gasteiger partial charge in [0.15, 0.2) is 0 Å². The van der Waals surface area contributed by atoms with Gasteiger partial charge in [-0.3, -0.25) is 9.59 Å². The highest BCUT2D eigenvalue weighted by molar-refractivity contribution is 5.76. The van der Waals surface area contributed by atoms with Gasteiger partial charge < -0.3 is 20.3 Å². The van der Waals surface area contributed by atoms with Crippen LogP contribution in [0, 0.1) is 0 Å². The van der Waals surface area contributed by atoms with Crippen LogP contribution in [0.15, 0.2) is 0 Å². The highest BCUT2D eigenvalue weighted by Crippen LogP contribution is 2.19. The summed E-state index contributed by atoms with van der Waals surface area (Å²) in [5.41, 5.74) is 0. The quantitative estimate of drug-likeness (QED) is 0.0417. The number of ether oxygens (including phenoxy) is 1. The van der Waals surface area contributed by atoms with Crippen LogP contribution in [0.1, 0.15) is 361 Å². The molecule has 1 amide bonds. The first-order chi connectivity index (χ1) is 33.5. The number of hydrogen-bond donors (Lipinski definition) is 3. The molecule has 68 heavy (non-hydrogen) atoms. The summed E-state index contributed by atoms with van der Waals surface area (Å²) in [5, 5.41) is 23.3. The van der Waals surface area contributed by atoms with Crippen LogP contribution in [-0.2, 0) is 14.3 Å². The molecule has 0 aromatic carbocycles. The molecular formula is C62H123NO5. The van der Waals surface area contributed by atoms with E-state index in [0.29, 0.717) is 25.9 Å². The summed E-state index contributed by atoms with van der Waals surface area (Å²) in [4.78, 5) is 24.6. The molecule has 0 aliphatic rings. The summed E-state index contributed by atoms with van der Waals surface area (Å²) >= 11 is 0. The van der Waals surface area contributed by atoms with E-state index in [4.69, 9.17) is 4.74 Å². The molecule has 0 bridgehead atoms. The number of carbonyl (C=O) groups excluding carboxylic acids is 2. The Balaban J connectivity index is 3.40. The molecule has 2 unspecified atom stereocenters. The summed E-state index contributed by atoms with van der Waals surface area (Å²) < 4.78 is 5.49. The maximum atomic E-state index is 12.5. The zero-order valence-electron chi connectivity index (χ0n) is 46.4. The molecule has 0 rings (SSSR count). The van der Waals surface area contributed by atoms with Crippen molar-refractivity contribution in [2.24, 2.45) is 0 Å². The van der Waals surface area contributed by atoms with Gasteiger partial charge in [0.2, 0.25) is 5.91 Å². The zero-order chi connectivity index (χ0) is 49.3. The van der Waals surface area contributed by atoms with Crippen molar-refractivity contribution in [2.75, 3.05) is 13.2 Å². The van der Waals surface area contributed by atoms with E-state index < -0.39 is 12.1 Å². The Morgan fingerprint density at radius 3 is 0.897 bits per heavy atom. The third-order valence-electron chi connectivity index (χ3n) is 14.9. The Labute approximate surface area is 426 Å². The van der Waals surface area contributed by atoms with E-state index in [-0.39, 0.29) is 18.5 Å². The summed E-state index contributed by atoms with van der Waals surface area (Å²) in [6.45, 7) is 4.97. The van der Waals surface area contributed by atoms with Gasteiger partial charge in [-0.15, -0.1) is 0 Å². The number of carbonyl (C=O) groups is 2. The predicted octanol–water partition coefficient (Wildman–Crippen LogP) is 19.5. The largest absolute Gasteiger partial charge is 0.466 e. The molecular weight excluding hydrogens is 839 g/mol. The minimum absolute atomic E-state index is 0.00371. The minimum atomic E-state index is -0.671. The Hall–Kier alpha value is -1.14. The maximum absolute atomic E-state index is 12.5. The molecule has 6 nitrogen and oxygen atoms in total. The lowest BCUT2D eigenvalue weighted by molar-refractivity contribution is -0.143. The second-order valence-corrected chi connectivity index (χ2v) is 21.8. The van der Waals surface area contributed by atoms with Gasteiger partial charge in [-0.25, -0.2) is 0 Å². The number of amides is 1. The van der Waals surface area contributed by atoms with Crippen LogP contribution in [0.4, 0.5) is 0 Å². The van der Waals surface area contributed by atoms with Crippen molar-refractivity contribution < 1.29 is 24.5 Å². The SMILES string of the molecule is CCCCCCCCCCCCCCCCCCCCCC(O)C(CO)NC(=O)CCCCCCCCCCCCCCCCOC(=O)CCCCCCCCCCCCCCCCCCCC. The van der Waals surface area contributed by atoms with Crippen LogP contribution in [-0.4, -0.2) is 47.4 Å². The Kier molecular flexibility index (Phi) is 57.5. The molecule has 0 aliphatic heterocycles. The van der Waals surface area contributed by atoms with E-state index >= 15 is 0 Å². The number of rotatable bonds is 59. The van der Waals surface area contributed by atoms with E-state index in [1.165, 1.54) is 276 Å². The average molecular weight is 963 g/mol. The molecule has 0 saturated heterocycles. The number of unbranched alkanes of at least 4 members (excludes halogenated alkanes) is 48. The third kappa shape index (κ3) is 54.2. The Morgan fingerprint density at radius 1 is 0.353 bits per heavy atom. The van der Waals surface area contributed by atoms with Gasteiger partial charge in [-0.1, -0.05) is 322 Å². The van der Waals surface area contributed by atoms with Gasteiger partial charge >= 0.3 is 5.97 Å². The fraction of sp³-hybridized carbons (Fsp3) is 0.968. The molecule has 6 heteroatoms. The normalized spacial score (nSPS) is 12.5. The molecule has 0 radical (unpaired) electrons. The van der Waals surface area contributed by atoms with Gasteiger partial charge in [0.05, 0.1) is 25.4 Å². The first kappa shape index (κ1) is 66.9. The predicted molar refractivity (Wildman–Crippen MR) is 297 cm³/mol. The standard InChI is InChI=1S/C62H123NO5/c1-3-5-7-9-11-13-15-17-19-21-23-24-26-30-34-38-42-46-50-54-60(65)59(58-64)63-61(66)55-51-47-43-39-35-31-28-29-33-37-41-45-49-53-57-68-62(67)56-52-48-44-40-36-32-27-25-22-20-18-16-14-12-10-8-6-4-2/h59-60,64-65H,3-58H2,1-2H3,(H,63,66). The third-order valence-corrected chi connectivity index (χ3v) is 14.9. The van der Waals surface area contributed by atoms with Crippen LogP contribution in [0.3, 0.4) is 0 Å². The summed E-state index contributed by atoms with van der Waals surface area (Å²) in [6, 6.07) is -0.549.